The third kappa shape index (κ3) is 3.76. The summed E-state index contributed by atoms with van der Waals surface area (Å²) in [4.78, 5) is 14.6. The van der Waals surface area contributed by atoms with E-state index in [1.807, 2.05) is 0 Å². The molecule has 0 aliphatic rings. The topological polar surface area (TPSA) is 51.2 Å². The van der Waals surface area contributed by atoms with Gasteiger partial charge in [0.2, 0.25) is 5.88 Å². The van der Waals surface area contributed by atoms with Gasteiger partial charge in [0.25, 0.3) is 5.91 Å². The number of halogens is 3. The smallest absolute Gasteiger partial charge is 0.422 e. The Hall–Kier alpha value is -1.79. The zero-order valence-corrected chi connectivity index (χ0v) is 8.34. The highest BCUT2D eigenvalue weighted by Crippen LogP contribution is 2.16. The summed E-state index contributed by atoms with van der Waals surface area (Å²) in [5.74, 6) is -0.542. The van der Waals surface area contributed by atoms with E-state index in [0.29, 0.717) is 0 Å². The molecular weight excluding hydrogens is 225 g/mol. The van der Waals surface area contributed by atoms with E-state index < -0.39 is 12.8 Å². The van der Waals surface area contributed by atoms with Crippen LogP contribution in [0.2, 0.25) is 0 Å². The number of hydrogen-bond acceptors (Lipinski definition) is 3. The van der Waals surface area contributed by atoms with Gasteiger partial charge in [0.1, 0.15) is 0 Å². The van der Waals surface area contributed by atoms with Gasteiger partial charge in [-0.3, -0.25) is 4.79 Å². The predicted octanol–water partition coefficient (Wildman–Crippen LogP) is 1.38. The first-order valence-electron chi connectivity index (χ1n) is 4.30. The molecule has 4 nitrogen and oxygen atoms in total. The number of rotatable bonds is 3. The normalized spacial score (nSPS) is 11.0. The average Bonchev–Trinajstić information content (AvgIpc) is 2.25. The molecule has 0 fully saturated rings. The molecule has 0 aromatic carbocycles. The molecule has 0 saturated heterocycles. The number of amides is 1. The fourth-order valence-electron chi connectivity index (χ4n) is 0.900. The molecular formula is C9H9F3N2O2. The fourth-order valence-corrected chi connectivity index (χ4v) is 0.900. The number of pyridine rings is 1. The van der Waals surface area contributed by atoms with Crippen LogP contribution in [-0.4, -0.2) is 30.7 Å². The summed E-state index contributed by atoms with van der Waals surface area (Å²) in [5, 5.41) is 2.36. The minimum atomic E-state index is -4.40. The minimum Gasteiger partial charge on any atom is -0.468 e. The van der Waals surface area contributed by atoms with Crippen LogP contribution in [0.4, 0.5) is 13.2 Å². The summed E-state index contributed by atoms with van der Waals surface area (Å²) in [6.07, 6.45) is -3.26. The highest BCUT2D eigenvalue weighted by atomic mass is 19.4. The highest BCUT2D eigenvalue weighted by molar-refractivity contribution is 5.93. The van der Waals surface area contributed by atoms with Gasteiger partial charge < -0.3 is 10.1 Å². The number of aromatic nitrogens is 1. The van der Waals surface area contributed by atoms with Crippen molar-refractivity contribution in [3.63, 3.8) is 0 Å². The molecule has 0 aliphatic carbocycles. The van der Waals surface area contributed by atoms with Gasteiger partial charge in [0.15, 0.2) is 6.61 Å². The molecule has 1 rings (SSSR count). The maximum Gasteiger partial charge on any atom is 0.422 e. The van der Waals surface area contributed by atoms with E-state index in [9.17, 15) is 18.0 Å². The third-order valence-corrected chi connectivity index (χ3v) is 1.61. The molecule has 0 saturated carbocycles. The maximum atomic E-state index is 11.8. The fraction of sp³-hybridized carbons (Fsp3) is 0.333. The summed E-state index contributed by atoms with van der Waals surface area (Å²) in [7, 11) is 1.44. The monoisotopic (exact) mass is 234 g/mol. The van der Waals surface area contributed by atoms with Crippen molar-refractivity contribution >= 4 is 5.91 Å². The average molecular weight is 234 g/mol. The second-order valence-corrected chi connectivity index (χ2v) is 2.87. The van der Waals surface area contributed by atoms with Crippen LogP contribution in [0.25, 0.3) is 0 Å². The van der Waals surface area contributed by atoms with E-state index in [0.717, 1.165) is 6.20 Å². The lowest BCUT2D eigenvalue weighted by Crippen LogP contribution is -2.20. The summed E-state index contributed by atoms with van der Waals surface area (Å²) in [6.45, 7) is -1.40. The first-order chi connectivity index (χ1) is 7.42. The second kappa shape index (κ2) is 4.82. The van der Waals surface area contributed by atoms with Crippen molar-refractivity contribution in [1.82, 2.24) is 10.3 Å². The predicted molar refractivity (Wildman–Crippen MR) is 49.2 cm³/mol. The van der Waals surface area contributed by atoms with E-state index in [1.54, 1.807) is 0 Å². The first-order valence-corrected chi connectivity index (χ1v) is 4.30. The van der Waals surface area contributed by atoms with E-state index in [2.05, 4.69) is 15.0 Å². The standard InChI is InChI=1S/C9H9F3N2O2/c1-13-8(15)6-2-3-7(14-4-6)16-5-9(10,11)12/h2-4H,5H2,1H3,(H,13,15). The summed E-state index contributed by atoms with van der Waals surface area (Å²) >= 11 is 0. The van der Waals surface area contributed by atoms with Crippen LogP contribution >= 0.6 is 0 Å². The summed E-state index contributed by atoms with van der Waals surface area (Å²) in [6, 6.07) is 2.54. The van der Waals surface area contributed by atoms with Crippen molar-refractivity contribution in [2.75, 3.05) is 13.7 Å². The molecule has 0 bridgehead atoms. The molecule has 88 valence electrons. The number of hydrogen-bond donors (Lipinski definition) is 1. The van der Waals surface area contributed by atoms with Crippen molar-refractivity contribution < 1.29 is 22.7 Å². The molecule has 1 amide bonds. The van der Waals surface area contributed by atoms with Gasteiger partial charge in [-0.25, -0.2) is 4.98 Å². The van der Waals surface area contributed by atoms with Gasteiger partial charge in [0.05, 0.1) is 5.56 Å². The van der Waals surface area contributed by atoms with E-state index >= 15 is 0 Å². The molecule has 0 radical (unpaired) electrons. The molecule has 0 unspecified atom stereocenters. The number of alkyl halides is 3. The lowest BCUT2D eigenvalue weighted by molar-refractivity contribution is -0.154. The molecule has 1 heterocycles. The van der Waals surface area contributed by atoms with E-state index in [4.69, 9.17) is 0 Å². The van der Waals surface area contributed by atoms with Gasteiger partial charge in [-0.1, -0.05) is 0 Å². The molecule has 1 N–H and O–H groups in total. The molecule has 0 aliphatic heterocycles. The second-order valence-electron chi connectivity index (χ2n) is 2.87. The zero-order valence-electron chi connectivity index (χ0n) is 8.34. The Bertz CT molecular complexity index is 362. The molecule has 1 aromatic heterocycles. The van der Waals surface area contributed by atoms with Gasteiger partial charge in [-0.05, 0) is 6.07 Å². The number of carbonyl (C=O) groups is 1. The summed E-state index contributed by atoms with van der Waals surface area (Å²) in [5.41, 5.74) is 0.252. The number of carbonyl (C=O) groups excluding carboxylic acids is 1. The molecule has 7 heteroatoms. The lowest BCUT2D eigenvalue weighted by Gasteiger charge is -2.08. The van der Waals surface area contributed by atoms with Crippen molar-refractivity contribution in [2.24, 2.45) is 0 Å². The van der Waals surface area contributed by atoms with Crippen LogP contribution in [0.15, 0.2) is 18.3 Å². The number of nitrogens with zero attached hydrogens (tertiary/aromatic N) is 1. The SMILES string of the molecule is CNC(=O)c1ccc(OCC(F)(F)F)nc1. The zero-order chi connectivity index (χ0) is 12.2. The first kappa shape index (κ1) is 12.3. The van der Waals surface area contributed by atoms with Crippen LogP contribution in [0.1, 0.15) is 10.4 Å². The van der Waals surface area contributed by atoms with Gasteiger partial charge >= 0.3 is 6.18 Å². The molecule has 1 aromatic rings. The largest absolute Gasteiger partial charge is 0.468 e. The van der Waals surface area contributed by atoms with Crippen LogP contribution in [-0.2, 0) is 0 Å². The quantitative estimate of drug-likeness (QED) is 0.859. The Morgan fingerprint density at radius 1 is 1.50 bits per heavy atom. The molecule has 0 spiro atoms. The van der Waals surface area contributed by atoms with Crippen LogP contribution in [0.3, 0.4) is 0 Å². The Kier molecular flexibility index (Phi) is 3.70. The Morgan fingerprint density at radius 2 is 2.19 bits per heavy atom. The van der Waals surface area contributed by atoms with Crippen LogP contribution < -0.4 is 10.1 Å². The van der Waals surface area contributed by atoms with Crippen LogP contribution in [0, 0.1) is 0 Å². The lowest BCUT2D eigenvalue weighted by atomic mass is 10.3. The van der Waals surface area contributed by atoms with Crippen molar-refractivity contribution in [3.05, 3.63) is 23.9 Å². The maximum absolute atomic E-state index is 11.8. The molecule has 0 atom stereocenters. The number of nitrogens with one attached hydrogen (secondary N) is 1. The highest BCUT2D eigenvalue weighted by Gasteiger charge is 2.28. The Morgan fingerprint density at radius 3 is 2.62 bits per heavy atom. The van der Waals surface area contributed by atoms with Crippen molar-refractivity contribution in [1.29, 1.82) is 0 Å². The van der Waals surface area contributed by atoms with Crippen molar-refractivity contribution in [2.45, 2.75) is 6.18 Å². The molecule has 16 heavy (non-hydrogen) atoms. The van der Waals surface area contributed by atoms with Crippen LogP contribution in [0.5, 0.6) is 5.88 Å². The van der Waals surface area contributed by atoms with Gasteiger partial charge in [-0.15, -0.1) is 0 Å². The van der Waals surface area contributed by atoms with Gasteiger partial charge in [0, 0.05) is 19.3 Å². The van der Waals surface area contributed by atoms with E-state index in [1.165, 1.54) is 19.2 Å². The Labute approximate surface area is 89.4 Å². The Balaban J connectivity index is 2.62. The number of ether oxygens (including phenoxy) is 1. The van der Waals surface area contributed by atoms with Crippen molar-refractivity contribution in [3.8, 4) is 5.88 Å². The van der Waals surface area contributed by atoms with Gasteiger partial charge in [-0.2, -0.15) is 13.2 Å². The minimum absolute atomic E-state index is 0.176. The van der Waals surface area contributed by atoms with E-state index in [-0.39, 0.29) is 17.4 Å². The third-order valence-electron chi connectivity index (χ3n) is 1.61. The summed E-state index contributed by atoms with van der Waals surface area (Å²) < 4.78 is 39.7.